The summed E-state index contributed by atoms with van der Waals surface area (Å²) >= 11 is 0. The van der Waals surface area contributed by atoms with E-state index >= 15 is 0 Å². The van der Waals surface area contributed by atoms with Gasteiger partial charge in [-0.3, -0.25) is 49.2 Å². The van der Waals surface area contributed by atoms with Crippen molar-refractivity contribution in [3.63, 3.8) is 0 Å². The van der Waals surface area contributed by atoms with Crippen LogP contribution in [0, 0.1) is 20.2 Å². The average molecular weight is 625 g/mol. The van der Waals surface area contributed by atoms with Crippen molar-refractivity contribution in [1.82, 2.24) is 20.4 Å². The fourth-order valence-corrected chi connectivity index (χ4v) is 6.14. The van der Waals surface area contributed by atoms with E-state index in [1.165, 1.54) is 24.3 Å². The summed E-state index contributed by atoms with van der Waals surface area (Å²) in [5.74, 6) is -2.15. The Labute approximate surface area is 261 Å². The molecule has 0 spiro atoms. The molecule has 0 saturated heterocycles. The molecule has 0 bridgehead atoms. The zero-order valence-electron chi connectivity index (χ0n) is 24.8. The highest BCUT2D eigenvalue weighted by Crippen LogP contribution is 2.35. The van der Waals surface area contributed by atoms with Gasteiger partial charge < -0.3 is 10.6 Å². The minimum Gasteiger partial charge on any atom is -0.311 e. The van der Waals surface area contributed by atoms with Gasteiger partial charge in [0.1, 0.15) is 0 Å². The van der Waals surface area contributed by atoms with Crippen LogP contribution in [0.5, 0.6) is 0 Å². The molecule has 2 atom stereocenters. The molecule has 4 aromatic rings. The summed E-state index contributed by atoms with van der Waals surface area (Å²) in [5.41, 5.74) is 0.364. The van der Waals surface area contributed by atoms with Gasteiger partial charge in [-0.1, -0.05) is 24.3 Å². The van der Waals surface area contributed by atoms with E-state index in [-0.39, 0.29) is 47.7 Å². The maximum atomic E-state index is 13.3. The molecule has 0 fully saturated rings. The van der Waals surface area contributed by atoms with Crippen molar-refractivity contribution in [1.29, 1.82) is 0 Å². The van der Waals surface area contributed by atoms with Gasteiger partial charge in [-0.2, -0.15) is 0 Å². The van der Waals surface area contributed by atoms with Crippen LogP contribution < -0.4 is 10.6 Å². The number of benzene rings is 4. The first-order valence-electron chi connectivity index (χ1n) is 14.6. The lowest BCUT2D eigenvalue weighted by atomic mass is 9.93. The number of carbonyl (C=O) groups excluding carboxylic acids is 4. The highest BCUT2D eigenvalue weighted by Gasteiger charge is 2.36. The van der Waals surface area contributed by atoms with E-state index in [0.29, 0.717) is 45.8 Å². The topological polar surface area (TPSA) is 185 Å². The Bertz CT molecular complexity index is 1870. The lowest BCUT2D eigenvalue weighted by Crippen LogP contribution is -2.50. The zero-order valence-corrected chi connectivity index (χ0v) is 24.8. The Morgan fingerprint density at radius 2 is 0.978 bits per heavy atom. The smallest absolute Gasteiger partial charge is 0.270 e. The van der Waals surface area contributed by atoms with E-state index in [1.54, 1.807) is 50.2 Å². The van der Waals surface area contributed by atoms with Gasteiger partial charge in [0.05, 0.1) is 21.0 Å². The third-order valence-corrected chi connectivity index (χ3v) is 8.27. The molecular formula is C32H28N6O8. The maximum Gasteiger partial charge on any atom is 0.270 e. The van der Waals surface area contributed by atoms with E-state index in [1.807, 2.05) is 0 Å². The largest absolute Gasteiger partial charge is 0.311 e. The molecule has 0 saturated carbocycles. The summed E-state index contributed by atoms with van der Waals surface area (Å²) in [6, 6.07) is 14.1. The number of amides is 4. The summed E-state index contributed by atoms with van der Waals surface area (Å²) in [7, 11) is 0. The van der Waals surface area contributed by atoms with E-state index < -0.39 is 33.5 Å². The van der Waals surface area contributed by atoms with Gasteiger partial charge in [-0.25, -0.2) is 0 Å². The van der Waals surface area contributed by atoms with Crippen LogP contribution in [0.1, 0.15) is 55.3 Å². The summed E-state index contributed by atoms with van der Waals surface area (Å²) in [4.78, 5) is 77.1. The molecule has 2 aliphatic heterocycles. The number of nitro groups is 2. The number of non-ortho nitro benzene ring substituents is 2. The molecule has 14 nitrogen and oxygen atoms in total. The van der Waals surface area contributed by atoms with Gasteiger partial charge in [0, 0.05) is 84.4 Å². The minimum atomic E-state index is -0.601. The second-order valence-corrected chi connectivity index (χ2v) is 11.5. The second-order valence-electron chi connectivity index (χ2n) is 11.5. The SMILES string of the molecule is CC(CN1C(=O)c2cccc3cc([N+](=O)[O-])cc(c23)C1=O)NCCNC(C)CN1C(=O)c2cccc3cc([N+](=O)[O-])cc(c23)C1=O. The molecule has 0 radical (unpaired) electrons. The molecule has 46 heavy (non-hydrogen) atoms. The number of hydrogen-bond donors (Lipinski definition) is 2. The molecule has 4 aromatic carbocycles. The number of nitrogens with zero attached hydrogens (tertiary/aromatic N) is 4. The number of imide groups is 2. The third-order valence-electron chi connectivity index (χ3n) is 8.27. The molecule has 2 N–H and O–H groups in total. The molecule has 0 aliphatic carbocycles. The Kier molecular flexibility index (Phi) is 7.75. The standard InChI is InChI=1S/C32H28N6O8/c1-17(15-35-29(39)23-7-3-5-19-11-21(37(43)44)13-25(27(19)23)31(35)41)33-9-10-34-18(2)16-36-30(40)24-8-4-6-20-12-22(38(45)46)14-26(28(20)24)32(36)42/h3-8,11-14,17-18,33-34H,9-10,15-16H2,1-2H3. The maximum absolute atomic E-state index is 13.3. The van der Waals surface area contributed by atoms with Crippen LogP contribution in [-0.4, -0.2) is 81.5 Å². The zero-order chi connectivity index (χ0) is 32.9. The Balaban J connectivity index is 1.06. The van der Waals surface area contributed by atoms with Crippen molar-refractivity contribution >= 4 is 56.5 Å². The first kappa shape index (κ1) is 30.4. The molecule has 234 valence electrons. The quantitative estimate of drug-likeness (QED) is 0.108. The van der Waals surface area contributed by atoms with Crippen molar-refractivity contribution < 1.29 is 29.0 Å². The van der Waals surface area contributed by atoms with Crippen molar-refractivity contribution in [2.45, 2.75) is 25.9 Å². The summed E-state index contributed by atoms with van der Waals surface area (Å²) in [6.45, 7) is 4.48. The predicted octanol–water partition coefficient (Wildman–Crippen LogP) is 3.66. The van der Waals surface area contributed by atoms with Crippen molar-refractivity contribution in [2.75, 3.05) is 26.2 Å². The first-order valence-corrected chi connectivity index (χ1v) is 14.6. The highest BCUT2D eigenvalue weighted by atomic mass is 16.6. The third kappa shape index (κ3) is 5.22. The summed E-state index contributed by atoms with van der Waals surface area (Å²) in [5, 5.41) is 31.1. The van der Waals surface area contributed by atoms with E-state index in [2.05, 4.69) is 10.6 Å². The number of carbonyl (C=O) groups is 4. The highest BCUT2D eigenvalue weighted by molar-refractivity contribution is 6.26. The summed E-state index contributed by atoms with van der Waals surface area (Å²) < 4.78 is 0. The van der Waals surface area contributed by atoms with Gasteiger partial charge in [-0.05, 0) is 36.8 Å². The molecule has 14 heteroatoms. The molecule has 0 aromatic heterocycles. The van der Waals surface area contributed by atoms with Crippen molar-refractivity contribution in [3.8, 4) is 0 Å². The molecule has 6 rings (SSSR count). The van der Waals surface area contributed by atoms with Crippen LogP contribution in [0.2, 0.25) is 0 Å². The van der Waals surface area contributed by atoms with Crippen LogP contribution in [-0.2, 0) is 0 Å². The number of nitro benzene ring substituents is 2. The molecule has 2 unspecified atom stereocenters. The van der Waals surface area contributed by atoms with E-state index in [9.17, 15) is 39.4 Å². The molecule has 4 amide bonds. The Morgan fingerprint density at radius 3 is 1.35 bits per heavy atom. The predicted molar refractivity (Wildman–Crippen MR) is 167 cm³/mol. The van der Waals surface area contributed by atoms with Crippen LogP contribution in [0.4, 0.5) is 11.4 Å². The lowest BCUT2D eigenvalue weighted by Gasteiger charge is -2.30. The molecule has 2 aliphatic rings. The number of nitrogens with one attached hydrogen (secondary N) is 2. The van der Waals surface area contributed by atoms with Gasteiger partial charge in [0.2, 0.25) is 0 Å². The van der Waals surface area contributed by atoms with E-state index in [4.69, 9.17) is 0 Å². The monoisotopic (exact) mass is 624 g/mol. The van der Waals surface area contributed by atoms with Crippen LogP contribution >= 0.6 is 0 Å². The first-order chi connectivity index (χ1) is 22.0. The van der Waals surface area contributed by atoms with E-state index in [0.717, 1.165) is 9.80 Å². The van der Waals surface area contributed by atoms with Gasteiger partial charge in [-0.15, -0.1) is 0 Å². The van der Waals surface area contributed by atoms with Gasteiger partial charge in [0.15, 0.2) is 0 Å². The lowest BCUT2D eigenvalue weighted by molar-refractivity contribution is -0.384. The molecular weight excluding hydrogens is 596 g/mol. The van der Waals surface area contributed by atoms with Crippen molar-refractivity contribution in [2.24, 2.45) is 0 Å². The Hall–Kier alpha value is -5.60. The fourth-order valence-electron chi connectivity index (χ4n) is 6.14. The van der Waals surface area contributed by atoms with Gasteiger partial charge >= 0.3 is 0 Å². The Morgan fingerprint density at radius 1 is 0.609 bits per heavy atom. The molecule has 2 heterocycles. The van der Waals surface area contributed by atoms with Crippen LogP contribution in [0.3, 0.4) is 0 Å². The van der Waals surface area contributed by atoms with Crippen molar-refractivity contribution in [3.05, 3.63) is 103 Å². The summed E-state index contributed by atoms with van der Waals surface area (Å²) in [6.07, 6.45) is 0. The fraction of sp³-hybridized carbons (Fsp3) is 0.250. The van der Waals surface area contributed by atoms with Crippen LogP contribution in [0.25, 0.3) is 21.5 Å². The average Bonchev–Trinajstić information content (AvgIpc) is 3.03. The van der Waals surface area contributed by atoms with Gasteiger partial charge in [0.25, 0.3) is 35.0 Å². The number of rotatable bonds is 11. The minimum absolute atomic E-state index is 0.0274. The van der Waals surface area contributed by atoms with Crippen LogP contribution in [0.15, 0.2) is 60.7 Å². The number of hydrogen-bond acceptors (Lipinski definition) is 10. The normalized spacial score (nSPS) is 15.5. The second kappa shape index (κ2) is 11.7.